The summed E-state index contributed by atoms with van der Waals surface area (Å²) in [4.78, 5) is 26.0. The summed E-state index contributed by atoms with van der Waals surface area (Å²) in [6.07, 6.45) is 3.34. The molecule has 5 rings (SSSR count). The SMILES string of the molecule is COc1cc(NS(=O)(=O)c2cccc3cccnc23)ccc1C(=O)N1CCN(Cc2ccccn2)CC1. The first-order valence-corrected chi connectivity index (χ1v) is 13.4. The highest BCUT2D eigenvalue weighted by Gasteiger charge is 2.25. The van der Waals surface area contributed by atoms with Crippen LogP contribution in [0.15, 0.2) is 84.0 Å². The first-order valence-electron chi connectivity index (χ1n) is 11.9. The molecule has 0 saturated carbocycles. The zero-order valence-electron chi connectivity index (χ0n) is 20.4. The van der Waals surface area contributed by atoms with Crippen LogP contribution >= 0.6 is 0 Å². The number of methoxy groups -OCH3 is 1. The lowest BCUT2D eigenvalue weighted by Crippen LogP contribution is -2.48. The van der Waals surface area contributed by atoms with E-state index in [9.17, 15) is 13.2 Å². The second kappa shape index (κ2) is 10.5. The molecule has 10 heteroatoms. The molecule has 1 amide bonds. The maximum Gasteiger partial charge on any atom is 0.264 e. The van der Waals surface area contributed by atoms with Crippen LogP contribution in [0.3, 0.4) is 0 Å². The summed E-state index contributed by atoms with van der Waals surface area (Å²) in [5.74, 6) is 0.152. The fourth-order valence-electron chi connectivity index (χ4n) is 4.43. The molecule has 3 heterocycles. The summed E-state index contributed by atoms with van der Waals surface area (Å²) >= 11 is 0. The number of carbonyl (C=O) groups excluding carboxylic acids is 1. The van der Waals surface area contributed by atoms with Gasteiger partial charge in [0, 0.05) is 56.6 Å². The minimum Gasteiger partial charge on any atom is -0.496 e. The lowest BCUT2D eigenvalue weighted by molar-refractivity contribution is 0.0624. The molecule has 37 heavy (non-hydrogen) atoms. The van der Waals surface area contributed by atoms with E-state index >= 15 is 0 Å². The van der Waals surface area contributed by atoms with Crippen LogP contribution in [0, 0.1) is 0 Å². The van der Waals surface area contributed by atoms with Crippen molar-refractivity contribution in [1.29, 1.82) is 0 Å². The van der Waals surface area contributed by atoms with Gasteiger partial charge < -0.3 is 9.64 Å². The van der Waals surface area contributed by atoms with Crippen molar-refractivity contribution in [3.05, 3.63) is 90.4 Å². The zero-order valence-corrected chi connectivity index (χ0v) is 21.2. The van der Waals surface area contributed by atoms with Crippen LogP contribution in [0.25, 0.3) is 10.9 Å². The number of aromatic nitrogens is 2. The lowest BCUT2D eigenvalue weighted by Gasteiger charge is -2.34. The Morgan fingerprint density at radius 2 is 1.73 bits per heavy atom. The van der Waals surface area contributed by atoms with Crippen molar-refractivity contribution in [2.24, 2.45) is 0 Å². The van der Waals surface area contributed by atoms with Crippen LogP contribution in [0.2, 0.25) is 0 Å². The number of piperazine rings is 1. The molecule has 0 atom stereocenters. The molecule has 1 saturated heterocycles. The number of hydrogen-bond donors (Lipinski definition) is 1. The Bertz CT molecular complexity index is 1520. The van der Waals surface area contributed by atoms with Crippen LogP contribution in [-0.4, -0.2) is 67.4 Å². The van der Waals surface area contributed by atoms with E-state index < -0.39 is 10.0 Å². The summed E-state index contributed by atoms with van der Waals surface area (Å²) in [6, 6.07) is 19.1. The van der Waals surface area contributed by atoms with Crippen molar-refractivity contribution in [2.75, 3.05) is 38.0 Å². The Kier molecular flexibility index (Phi) is 7.02. The standard InChI is InChI=1S/C27H27N5O4S/c1-36-24-18-21(30-37(34,35)25-9-4-6-20-7-5-13-29-26(20)25)10-11-23(24)27(33)32-16-14-31(15-17-32)19-22-8-2-3-12-28-22/h2-13,18,30H,14-17,19H2,1H3. The highest BCUT2D eigenvalue weighted by atomic mass is 32.2. The van der Waals surface area contributed by atoms with Gasteiger partial charge in [-0.05, 0) is 36.4 Å². The number of fused-ring (bicyclic) bond motifs is 1. The first kappa shape index (κ1) is 24.7. The number of rotatable bonds is 7. The van der Waals surface area contributed by atoms with Crippen LogP contribution in [0.1, 0.15) is 16.1 Å². The van der Waals surface area contributed by atoms with Gasteiger partial charge in [0.25, 0.3) is 15.9 Å². The number of para-hydroxylation sites is 1. The van der Waals surface area contributed by atoms with Gasteiger partial charge in [0.1, 0.15) is 10.6 Å². The maximum atomic E-state index is 13.3. The number of carbonyl (C=O) groups is 1. The zero-order chi connectivity index (χ0) is 25.8. The molecular weight excluding hydrogens is 490 g/mol. The molecule has 0 aliphatic carbocycles. The largest absolute Gasteiger partial charge is 0.496 e. The summed E-state index contributed by atoms with van der Waals surface area (Å²) < 4.78 is 34.4. The summed E-state index contributed by atoms with van der Waals surface area (Å²) in [7, 11) is -2.46. The molecule has 0 bridgehead atoms. The van der Waals surface area contributed by atoms with Crippen LogP contribution in [0.4, 0.5) is 5.69 Å². The van der Waals surface area contributed by atoms with Gasteiger partial charge in [0.15, 0.2) is 0 Å². The molecule has 0 spiro atoms. The summed E-state index contributed by atoms with van der Waals surface area (Å²) in [6.45, 7) is 3.38. The number of ether oxygens (including phenoxy) is 1. The third-order valence-corrected chi connectivity index (χ3v) is 7.75. The van der Waals surface area contributed by atoms with Crippen LogP contribution in [0.5, 0.6) is 5.75 Å². The molecule has 1 aliphatic heterocycles. The molecule has 2 aromatic heterocycles. The van der Waals surface area contributed by atoms with Gasteiger partial charge in [0.05, 0.1) is 29.6 Å². The average molecular weight is 518 g/mol. The Labute approximate surface area is 215 Å². The van der Waals surface area contributed by atoms with Gasteiger partial charge in [-0.1, -0.05) is 24.3 Å². The van der Waals surface area contributed by atoms with Gasteiger partial charge in [-0.2, -0.15) is 0 Å². The van der Waals surface area contributed by atoms with Crippen molar-refractivity contribution >= 4 is 32.5 Å². The molecular formula is C27H27N5O4S. The number of sulfonamides is 1. The van der Waals surface area contributed by atoms with E-state index in [0.717, 1.165) is 30.7 Å². The minimum absolute atomic E-state index is 0.0771. The number of pyridine rings is 2. The van der Waals surface area contributed by atoms with E-state index in [1.807, 2.05) is 30.3 Å². The topological polar surface area (TPSA) is 105 Å². The number of anilines is 1. The van der Waals surface area contributed by atoms with Crippen molar-refractivity contribution in [2.45, 2.75) is 11.4 Å². The number of nitrogens with one attached hydrogen (secondary N) is 1. The van der Waals surface area contributed by atoms with E-state index in [0.29, 0.717) is 35.6 Å². The van der Waals surface area contributed by atoms with Crippen molar-refractivity contribution in [3.63, 3.8) is 0 Å². The predicted molar refractivity (Wildman–Crippen MR) is 141 cm³/mol. The number of amides is 1. The molecule has 0 radical (unpaired) electrons. The first-order chi connectivity index (χ1) is 17.9. The maximum absolute atomic E-state index is 13.3. The number of hydrogen-bond acceptors (Lipinski definition) is 7. The molecule has 0 unspecified atom stereocenters. The van der Waals surface area contributed by atoms with Crippen LogP contribution in [-0.2, 0) is 16.6 Å². The second-order valence-electron chi connectivity index (χ2n) is 8.74. The predicted octanol–water partition coefficient (Wildman–Crippen LogP) is 3.40. The third kappa shape index (κ3) is 5.40. The van der Waals surface area contributed by atoms with Crippen molar-refractivity contribution in [3.8, 4) is 5.75 Å². The Morgan fingerprint density at radius 1 is 0.946 bits per heavy atom. The van der Waals surface area contributed by atoms with E-state index in [1.165, 1.54) is 19.2 Å². The highest BCUT2D eigenvalue weighted by molar-refractivity contribution is 7.93. The van der Waals surface area contributed by atoms with Gasteiger partial charge in [-0.25, -0.2) is 8.42 Å². The molecule has 1 N–H and O–H groups in total. The molecule has 1 fully saturated rings. The third-order valence-electron chi connectivity index (χ3n) is 6.34. The van der Waals surface area contributed by atoms with Gasteiger partial charge in [-0.15, -0.1) is 0 Å². The molecule has 9 nitrogen and oxygen atoms in total. The Morgan fingerprint density at radius 3 is 2.49 bits per heavy atom. The monoisotopic (exact) mass is 517 g/mol. The quantitative estimate of drug-likeness (QED) is 0.401. The molecule has 2 aromatic carbocycles. The molecule has 4 aromatic rings. The second-order valence-corrected chi connectivity index (χ2v) is 10.4. The van der Waals surface area contributed by atoms with Crippen molar-refractivity contribution < 1.29 is 17.9 Å². The minimum atomic E-state index is -3.92. The van der Waals surface area contributed by atoms with Crippen molar-refractivity contribution in [1.82, 2.24) is 19.8 Å². The van der Waals surface area contributed by atoms with E-state index in [2.05, 4.69) is 19.6 Å². The van der Waals surface area contributed by atoms with Gasteiger partial charge in [-0.3, -0.25) is 24.4 Å². The number of benzene rings is 2. The Balaban J connectivity index is 1.29. The van der Waals surface area contributed by atoms with E-state index in [4.69, 9.17) is 4.74 Å². The average Bonchev–Trinajstić information content (AvgIpc) is 2.93. The Hall–Kier alpha value is -4.02. The summed E-state index contributed by atoms with van der Waals surface area (Å²) in [5.41, 5.74) is 2.07. The summed E-state index contributed by atoms with van der Waals surface area (Å²) in [5, 5.41) is 0.726. The smallest absolute Gasteiger partial charge is 0.264 e. The normalized spacial score (nSPS) is 14.5. The fourth-order valence-corrected chi connectivity index (χ4v) is 5.66. The molecule has 190 valence electrons. The molecule has 1 aliphatic rings. The van der Waals surface area contributed by atoms with Gasteiger partial charge >= 0.3 is 0 Å². The van der Waals surface area contributed by atoms with Crippen LogP contribution < -0.4 is 9.46 Å². The number of nitrogens with zero attached hydrogens (tertiary/aromatic N) is 4. The fraction of sp³-hybridized carbons (Fsp3) is 0.222. The lowest BCUT2D eigenvalue weighted by atomic mass is 10.1. The van der Waals surface area contributed by atoms with E-state index in [1.54, 1.807) is 41.6 Å². The van der Waals surface area contributed by atoms with Gasteiger partial charge in [0.2, 0.25) is 0 Å². The van der Waals surface area contributed by atoms with E-state index in [-0.39, 0.29) is 10.8 Å². The highest BCUT2D eigenvalue weighted by Crippen LogP contribution is 2.28.